The van der Waals surface area contributed by atoms with Crippen molar-refractivity contribution < 1.29 is 14.3 Å². The monoisotopic (exact) mass is 594 g/mol. The molecular weight excluding hydrogens is 560 g/mol. The molecular formula is C39H34N2O4. The van der Waals surface area contributed by atoms with Gasteiger partial charge in [0.25, 0.3) is 0 Å². The highest BCUT2D eigenvalue weighted by atomic mass is 16.5. The Morgan fingerprint density at radius 1 is 0.889 bits per heavy atom. The van der Waals surface area contributed by atoms with Crippen LogP contribution in [0.5, 0.6) is 11.6 Å². The third-order valence-corrected chi connectivity index (χ3v) is 8.52. The molecule has 0 aliphatic rings. The van der Waals surface area contributed by atoms with Gasteiger partial charge in [-0.2, -0.15) is 0 Å². The van der Waals surface area contributed by atoms with Crippen LogP contribution in [0, 0.1) is 6.92 Å². The molecule has 3 heterocycles. The minimum Gasteiger partial charge on any atom is -0.507 e. The van der Waals surface area contributed by atoms with Crippen molar-refractivity contribution >= 4 is 32.8 Å². The summed E-state index contributed by atoms with van der Waals surface area (Å²) in [6.07, 6.45) is 3.91. The highest BCUT2D eigenvalue weighted by Crippen LogP contribution is 2.45. The fourth-order valence-electron chi connectivity index (χ4n) is 6.28. The van der Waals surface area contributed by atoms with Crippen LogP contribution >= 0.6 is 0 Å². The van der Waals surface area contributed by atoms with E-state index in [0.29, 0.717) is 35.6 Å². The normalized spacial score (nSPS) is 12.2. The van der Waals surface area contributed by atoms with Crippen LogP contribution in [0.2, 0.25) is 0 Å². The van der Waals surface area contributed by atoms with Crippen LogP contribution in [0.1, 0.15) is 53.5 Å². The molecule has 0 saturated heterocycles. The molecule has 224 valence electrons. The van der Waals surface area contributed by atoms with Crippen LogP contribution in [0.4, 0.5) is 0 Å². The van der Waals surface area contributed by atoms with E-state index in [0.717, 1.165) is 51.3 Å². The van der Waals surface area contributed by atoms with Crippen molar-refractivity contribution in [3.8, 4) is 11.6 Å². The van der Waals surface area contributed by atoms with E-state index >= 15 is 0 Å². The molecule has 7 aromatic rings. The van der Waals surface area contributed by atoms with Gasteiger partial charge in [0.05, 0.1) is 29.0 Å². The van der Waals surface area contributed by atoms with Crippen LogP contribution < -0.4 is 10.4 Å². The fraction of sp³-hybridized carbons (Fsp3) is 0.179. The van der Waals surface area contributed by atoms with E-state index in [1.54, 1.807) is 18.2 Å². The molecule has 0 spiro atoms. The summed E-state index contributed by atoms with van der Waals surface area (Å²) < 4.78 is 14.5. The number of hydrogen-bond acceptors (Lipinski definition) is 5. The molecule has 6 nitrogen and oxygen atoms in total. The molecule has 6 heteroatoms. The van der Waals surface area contributed by atoms with Gasteiger partial charge in [-0.25, -0.2) is 9.78 Å². The van der Waals surface area contributed by atoms with Crippen molar-refractivity contribution in [2.45, 2.75) is 39.2 Å². The van der Waals surface area contributed by atoms with Gasteiger partial charge in [-0.05, 0) is 54.3 Å². The summed E-state index contributed by atoms with van der Waals surface area (Å²) in [5.74, 6) is -0.389. The number of pyridine rings is 1. The average Bonchev–Trinajstić information content (AvgIpc) is 3.41. The quantitative estimate of drug-likeness (QED) is 0.134. The van der Waals surface area contributed by atoms with E-state index in [9.17, 15) is 9.90 Å². The van der Waals surface area contributed by atoms with E-state index in [2.05, 4.69) is 48.0 Å². The van der Waals surface area contributed by atoms with Crippen LogP contribution in [0.25, 0.3) is 32.8 Å². The second kappa shape index (κ2) is 12.0. The molecule has 0 amide bonds. The Kier molecular flexibility index (Phi) is 7.55. The highest BCUT2D eigenvalue weighted by molar-refractivity contribution is 5.90. The number of unbranched alkanes of at least 4 members (excludes halogenated alkanes) is 1. The highest BCUT2D eigenvalue weighted by Gasteiger charge is 2.32. The predicted octanol–water partition coefficient (Wildman–Crippen LogP) is 8.72. The SMILES string of the molecule is CCCCOc1nc2c(C)cccc2cc1C(c1c(O)c2ccccc2oc1=O)c1cn(Cc2ccccc2)c2ccccc12. The number of aryl methyl sites for hydroxylation is 1. The molecule has 1 N–H and O–H groups in total. The summed E-state index contributed by atoms with van der Waals surface area (Å²) in [7, 11) is 0. The fourth-order valence-corrected chi connectivity index (χ4v) is 6.28. The summed E-state index contributed by atoms with van der Waals surface area (Å²) in [4.78, 5) is 19.0. The maximum atomic E-state index is 14.0. The van der Waals surface area contributed by atoms with Gasteiger partial charge in [0, 0.05) is 34.6 Å². The van der Waals surface area contributed by atoms with Crippen LogP contribution in [0.15, 0.2) is 119 Å². The van der Waals surface area contributed by atoms with Crippen molar-refractivity contribution in [1.82, 2.24) is 9.55 Å². The van der Waals surface area contributed by atoms with E-state index in [1.807, 2.05) is 61.5 Å². The molecule has 0 radical (unpaired) electrons. The first-order chi connectivity index (χ1) is 22.0. The van der Waals surface area contributed by atoms with E-state index in [-0.39, 0.29) is 11.3 Å². The average molecular weight is 595 g/mol. The number of hydrogen-bond donors (Lipinski definition) is 1. The predicted molar refractivity (Wildman–Crippen MR) is 179 cm³/mol. The first-order valence-electron chi connectivity index (χ1n) is 15.4. The minimum absolute atomic E-state index is 0.101. The van der Waals surface area contributed by atoms with Crippen molar-refractivity contribution in [1.29, 1.82) is 0 Å². The summed E-state index contributed by atoms with van der Waals surface area (Å²) in [5.41, 5.74) is 5.49. The lowest BCUT2D eigenvalue weighted by atomic mass is 9.84. The molecule has 0 fully saturated rings. The molecule has 3 aromatic heterocycles. The largest absolute Gasteiger partial charge is 0.507 e. The number of rotatable bonds is 9. The van der Waals surface area contributed by atoms with Crippen molar-refractivity contribution in [2.24, 2.45) is 0 Å². The van der Waals surface area contributed by atoms with Gasteiger partial charge in [-0.15, -0.1) is 0 Å². The summed E-state index contributed by atoms with van der Waals surface area (Å²) in [6.45, 7) is 5.27. The molecule has 0 bridgehead atoms. The van der Waals surface area contributed by atoms with Crippen molar-refractivity contribution in [3.05, 3.63) is 148 Å². The minimum atomic E-state index is -0.734. The first-order valence-corrected chi connectivity index (χ1v) is 15.4. The molecule has 1 unspecified atom stereocenters. The number of para-hydroxylation sites is 3. The zero-order valence-electron chi connectivity index (χ0n) is 25.4. The van der Waals surface area contributed by atoms with Gasteiger partial charge in [0.1, 0.15) is 11.3 Å². The Morgan fingerprint density at radius 3 is 2.47 bits per heavy atom. The Hall–Kier alpha value is -5.36. The van der Waals surface area contributed by atoms with Gasteiger partial charge in [0.2, 0.25) is 5.88 Å². The Balaban J connectivity index is 1.55. The number of fused-ring (bicyclic) bond motifs is 3. The molecule has 0 saturated carbocycles. The first kappa shape index (κ1) is 28.4. The summed E-state index contributed by atoms with van der Waals surface area (Å²) in [6, 6.07) is 33.6. The standard InChI is InChI=1S/C39H34N2O4/c1-3-4-21-44-38-30(22-27-16-12-13-25(2)36(27)40-38)34(35-37(42)29-18-9-11-20-33(29)45-39(35)43)31-24-41(23-26-14-6-5-7-15-26)32-19-10-8-17-28(31)32/h5-20,22,24,34,42H,3-4,21,23H2,1-2H3. The zero-order chi connectivity index (χ0) is 30.9. The third-order valence-electron chi connectivity index (χ3n) is 8.52. The van der Waals surface area contributed by atoms with E-state index in [4.69, 9.17) is 14.1 Å². The summed E-state index contributed by atoms with van der Waals surface area (Å²) in [5, 5.41) is 14.2. The van der Waals surface area contributed by atoms with Gasteiger partial charge in [0.15, 0.2) is 0 Å². The molecule has 1 atom stereocenters. The van der Waals surface area contributed by atoms with E-state index < -0.39 is 11.5 Å². The zero-order valence-corrected chi connectivity index (χ0v) is 25.4. The molecule has 0 aliphatic heterocycles. The maximum Gasteiger partial charge on any atom is 0.344 e. The molecule has 4 aromatic carbocycles. The number of ether oxygens (including phenoxy) is 1. The Morgan fingerprint density at radius 2 is 1.64 bits per heavy atom. The number of benzene rings is 4. The second-order valence-electron chi connectivity index (χ2n) is 11.5. The van der Waals surface area contributed by atoms with Crippen molar-refractivity contribution in [2.75, 3.05) is 6.61 Å². The van der Waals surface area contributed by atoms with E-state index in [1.165, 1.54) is 0 Å². The third kappa shape index (κ3) is 5.22. The van der Waals surface area contributed by atoms with Gasteiger partial charge in [-0.3, -0.25) is 0 Å². The number of aromatic hydroxyl groups is 1. The lowest BCUT2D eigenvalue weighted by Gasteiger charge is -2.22. The molecule has 0 aliphatic carbocycles. The number of nitrogens with zero attached hydrogens (tertiary/aromatic N) is 2. The lowest BCUT2D eigenvalue weighted by molar-refractivity contribution is 0.295. The smallest absolute Gasteiger partial charge is 0.344 e. The lowest BCUT2D eigenvalue weighted by Crippen LogP contribution is -2.17. The van der Waals surface area contributed by atoms with Crippen molar-refractivity contribution in [3.63, 3.8) is 0 Å². The molecule has 7 rings (SSSR count). The molecule has 45 heavy (non-hydrogen) atoms. The van der Waals surface area contributed by atoms with Crippen LogP contribution in [-0.4, -0.2) is 21.3 Å². The topological polar surface area (TPSA) is 77.5 Å². The second-order valence-corrected chi connectivity index (χ2v) is 11.5. The van der Waals surface area contributed by atoms with Gasteiger partial charge in [-0.1, -0.05) is 92.2 Å². The Labute approximate surface area is 261 Å². The van der Waals surface area contributed by atoms with Crippen LogP contribution in [0.3, 0.4) is 0 Å². The summed E-state index contributed by atoms with van der Waals surface area (Å²) >= 11 is 0. The van der Waals surface area contributed by atoms with Gasteiger partial charge < -0.3 is 18.8 Å². The Bertz CT molecular complexity index is 2220. The van der Waals surface area contributed by atoms with Gasteiger partial charge >= 0.3 is 5.63 Å². The maximum absolute atomic E-state index is 14.0. The number of aromatic nitrogens is 2. The van der Waals surface area contributed by atoms with Crippen LogP contribution in [-0.2, 0) is 6.54 Å².